The highest BCUT2D eigenvalue weighted by Gasteiger charge is 2.18. The van der Waals surface area contributed by atoms with Crippen molar-refractivity contribution in [3.8, 4) is 17.1 Å². The van der Waals surface area contributed by atoms with Crippen LogP contribution in [0.5, 0.6) is 0 Å². The third-order valence-corrected chi connectivity index (χ3v) is 5.13. The lowest BCUT2D eigenvalue weighted by molar-refractivity contribution is -0.117. The molecule has 0 radical (unpaired) electrons. The molecule has 0 spiro atoms. The molecule has 0 saturated carbocycles. The molecule has 0 fully saturated rings. The number of furan rings is 1. The number of benzene rings is 2. The fraction of sp³-hybridized carbons (Fsp3) is 0.0833. The Balaban J connectivity index is 1.47. The Labute approximate surface area is 199 Å². The van der Waals surface area contributed by atoms with Crippen molar-refractivity contribution < 1.29 is 18.8 Å². The Hall–Kier alpha value is -4.37. The molecule has 10 heteroatoms. The monoisotopic (exact) mass is 477 g/mol. The fourth-order valence-corrected chi connectivity index (χ4v) is 3.31. The van der Waals surface area contributed by atoms with Crippen molar-refractivity contribution in [1.82, 2.24) is 20.4 Å². The Morgan fingerprint density at radius 3 is 2.35 bits per heavy atom. The molecule has 0 atom stereocenters. The van der Waals surface area contributed by atoms with Gasteiger partial charge in [-0.15, -0.1) is 0 Å². The minimum atomic E-state index is -0.624. The highest BCUT2D eigenvalue weighted by molar-refractivity contribution is 6.30. The standard InChI is InChI=1S/C24H20ClN5O4/c25-17-7-9-18(10-8-17)30-20(21-2-1-11-34-21)12-19(29-30)24(33)27-13-15-3-5-16(6-4-15)23(32)28-14-22(26)31/h1-12H,13-14H2,(H2,26,31)(H,27,33)(H,28,32). The van der Waals surface area contributed by atoms with Crippen LogP contribution >= 0.6 is 11.6 Å². The maximum absolute atomic E-state index is 12.8. The van der Waals surface area contributed by atoms with Gasteiger partial charge in [-0.25, -0.2) is 4.68 Å². The van der Waals surface area contributed by atoms with Crippen LogP contribution in [-0.4, -0.2) is 34.0 Å². The summed E-state index contributed by atoms with van der Waals surface area (Å²) in [5.74, 6) is -0.843. The van der Waals surface area contributed by atoms with Gasteiger partial charge in [-0.1, -0.05) is 23.7 Å². The second-order valence-electron chi connectivity index (χ2n) is 7.31. The van der Waals surface area contributed by atoms with E-state index >= 15 is 0 Å². The van der Waals surface area contributed by atoms with E-state index in [2.05, 4.69) is 15.7 Å². The van der Waals surface area contributed by atoms with Crippen LogP contribution in [0.15, 0.2) is 77.4 Å². The van der Waals surface area contributed by atoms with E-state index in [-0.39, 0.29) is 24.7 Å². The summed E-state index contributed by atoms with van der Waals surface area (Å²) in [5, 5.41) is 10.3. The summed E-state index contributed by atoms with van der Waals surface area (Å²) in [6.45, 7) is -0.00872. The molecule has 9 nitrogen and oxygen atoms in total. The van der Waals surface area contributed by atoms with Gasteiger partial charge in [0.2, 0.25) is 5.91 Å². The Morgan fingerprint density at radius 2 is 1.71 bits per heavy atom. The van der Waals surface area contributed by atoms with Gasteiger partial charge in [-0.05, 0) is 54.1 Å². The van der Waals surface area contributed by atoms with Crippen molar-refractivity contribution in [2.75, 3.05) is 6.54 Å². The number of amides is 3. The van der Waals surface area contributed by atoms with E-state index in [9.17, 15) is 14.4 Å². The van der Waals surface area contributed by atoms with Crippen molar-refractivity contribution >= 4 is 29.3 Å². The molecule has 4 N–H and O–H groups in total. The number of carbonyl (C=O) groups excluding carboxylic acids is 3. The van der Waals surface area contributed by atoms with Crippen molar-refractivity contribution in [1.29, 1.82) is 0 Å². The van der Waals surface area contributed by atoms with Crippen LogP contribution in [0, 0.1) is 0 Å². The number of nitrogens with zero attached hydrogens (tertiary/aromatic N) is 2. The largest absolute Gasteiger partial charge is 0.463 e. The number of hydrogen-bond donors (Lipinski definition) is 3. The predicted octanol–water partition coefficient (Wildman–Crippen LogP) is 2.93. The van der Waals surface area contributed by atoms with Crippen LogP contribution < -0.4 is 16.4 Å². The summed E-state index contributed by atoms with van der Waals surface area (Å²) in [6, 6.07) is 18.9. The van der Waals surface area contributed by atoms with Gasteiger partial charge < -0.3 is 20.8 Å². The summed E-state index contributed by atoms with van der Waals surface area (Å²) in [4.78, 5) is 35.6. The fourth-order valence-electron chi connectivity index (χ4n) is 3.19. The van der Waals surface area contributed by atoms with E-state index in [1.165, 1.54) is 0 Å². The quantitative estimate of drug-likeness (QED) is 0.359. The lowest BCUT2D eigenvalue weighted by Gasteiger charge is -2.06. The zero-order valence-electron chi connectivity index (χ0n) is 17.8. The Kier molecular flexibility index (Phi) is 6.74. The minimum Gasteiger partial charge on any atom is -0.463 e. The third kappa shape index (κ3) is 5.33. The van der Waals surface area contributed by atoms with Gasteiger partial charge in [0.1, 0.15) is 5.69 Å². The van der Waals surface area contributed by atoms with Crippen LogP contribution in [0.2, 0.25) is 5.02 Å². The summed E-state index contributed by atoms with van der Waals surface area (Å²) in [6.07, 6.45) is 1.55. The number of rotatable bonds is 8. The molecule has 34 heavy (non-hydrogen) atoms. The molecule has 2 aromatic carbocycles. The number of aromatic nitrogens is 2. The number of primary amides is 1. The average molecular weight is 478 g/mol. The van der Waals surface area contributed by atoms with Crippen molar-refractivity contribution in [2.45, 2.75) is 6.54 Å². The first-order valence-electron chi connectivity index (χ1n) is 10.2. The zero-order valence-corrected chi connectivity index (χ0v) is 18.6. The van der Waals surface area contributed by atoms with Crippen LogP contribution in [-0.2, 0) is 11.3 Å². The molecule has 0 unspecified atom stereocenters. The number of halogens is 1. The number of nitrogens with two attached hydrogens (primary N) is 1. The van der Waals surface area contributed by atoms with E-state index in [4.69, 9.17) is 21.8 Å². The van der Waals surface area contributed by atoms with Crippen molar-refractivity contribution in [3.63, 3.8) is 0 Å². The molecule has 0 saturated heterocycles. The normalized spacial score (nSPS) is 10.6. The van der Waals surface area contributed by atoms with E-state index in [1.807, 2.05) is 0 Å². The predicted molar refractivity (Wildman–Crippen MR) is 125 cm³/mol. The average Bonchev–Trinajstić information content (AvgIpc) is 3.52. The third-order valence-electron chi connectivity index (χ3n) is 4.88. The van der Waals surface area contributed by atoms with E-state index in [0.717, 1.165) is 11.3 Å². The lowest BCUT2D eigenvalue weighted by atomic mass is 10.1. The van der Waals surface area contributed by atoms with E-state index < -0.39 is 11.8 Å². The molecule has 4 rings (SSSR count). The molecular formula is C24H20ClN5O4. The maximum atomic E-state index is 12.8. The molecular weight excluding hydrogens is 458 g/mol. The van der Waals surface area contributed by atoms with E-state index in [0.29, 0.717) is 22.0 Å². The second-order valence-corrected chi connectivity index (χ2v) is 7.75. The Bertz CT molecular complexity index is 1310. The van der Waals surface area contributed by atoms with E-state index in [1.54, 1.807) is 77.7 Å². The molecule has 2 aromatic heterocycles. The molecule has 2 heterocycles. The molecule has 172 valence electrons. The van der Waals surface area contributed by atoms with Crippen LogP contribution in [0.4, 0.5) is 0 Å². The number of nitrogens with one attached hydrogen (secondary N) is 2. The summed E-state index contributed by atoms with van der Waals surface area (Å²) >= 11 is 6.00. The van der Waals surface area contributed by atoms with Gasteiger partial charge in [-0.3, -0.25) is 14.4 Å². The molecule has 0 aliphatic rings. The number of hydrogen-bond acceptors (Lipinski definition) is 5. The number of carbonyl (C=O) groups is 3. The summed E-state index contributed by atoms with van der Waals surface area (Å²) in [5.41, 5.74) is 7.73. The molecule has 0 aliphatic heterocycles. The first kappa shape index (κ1) is 22.8. The van der Waals surface area contributed by atoms with Gasteiger partial charge in [-0.2, -0.15) is 5.10 Å². The zero-order chi connectivity index (χ0) is 24.1. The van der Waals surface area contributed by atoms with Gasteiger partial charge >= 0.3 is 0 Å². The van der Waals surface area contributed by atoms with Gasteiger partial charge in [0.05, 0.1) is 18.5 Å². The highest BCUT2D eigenvalue weighted by atomic mass is 35.5. The SMILES string of the molecule is NC(=O)CNC(=O)c1ccc(CNC(=O)c2cc(-c3ccco3)n(-c3ccc(Cl)cc3)n2)cc1. The van der Waals surface area contributed by atoms with Gasteiger partial charge in [0, 0.05) is 23.2 Å². The summed E-state index contributed by atoms with van der Waals surface area (Å²) in [7, 11) is 0. The first-order chi connectivity index (χ1) is 16.4. The van der Waals surface area contributed by atoms with Crippen molar-refractivity contribution in [2.24, 2.45) is 5.73 Å². The van der Waals surface area contributed by atoms with Crippen LogP contribution in [0.25, 0.3) is 17.1 Å². The lowest BCUT2D eigenvalue weighted by Crippen LogP contribution is -2.33. The molecule has 3 amide bonds. The summed E-state index contributed by atoms with van der Waals surface area (Å²) < 4.78 is 7.13. The molecule has 0 bridgehead atoms. The smallest absolute Gasteiger partial charge is 0.272 e. The topological polar surface area (TPSA) is 132 Å². The molecule has 4 aromatic rings. The highest BCUT2D eigenvalue weighted by Crippen LogP contribution is 2.25. The second kappa shape index (κ2) is 10.1. The van der Waals surface area contributed by atoms with Gasteiger partial charge in [0.25, 0.3) is 11.8 Å². The maximum Gasteiger partial charge on any atom is 0.272 e. The van der Waals surface area contributed by atoms with Crippen molar-refractivity contribution in [3.05, 3.63) is 94.8 Å². The molecule has 0 aliphatic carbocycles. The first-order valence-corrected chi connectivity index (χ1v) is 10.6. The Morgan fingerprint density at radius 1 is 0.971 bits per heavy atom. The van der Waals surface area contributed by atoms with Gasteiger partial charge in [0.15, 0.2) is 11.5 Å². The van der Waals surface area contributed by atoms with Crippen LogP contribution in [0.3, 0.4) is 0 Å². The minimum absolute atomic E-state index is 0.212. The van der Waals surface area contributed by atoms with Crippen LogP contribution in [0.1, 0.15) is 26.4 Å².